The fourth-order valence-electron chi connectivity index (χ4n) is 3.14. The van der Waals surface area contributed by atoms with E-state index in [0.29, 0.717) is 30.0 Å². The second-order valence-electron chi connectivity index (χ2n) is 6.16. The molecule has 128 valence electrons. The maximum absolute atomic E-state index is 12.9. The summed E-state index contributed by atoms with van der Waals surface area (Å²) in [5.74, 6) is -1.47. The molecular weight excluding hydrogens is 328 g/mol. The van der Waals surface area contributed by atoms with Crippen LogP contribution >= 0.6 is 11.3 Å². The minimum absolute atomic E-state index is 0.126. The highest BCUT2D eigenvalue weighted by Crippen LogP contribution is 2.31. The maximum atomic E-state index is 12.9. The minimum Gasteiger partial charge on any atom is -0.481 e. The number of thiazole rings is 1. The van der Waals surface area contributed by atoms with Gasteiger partial charge in [0.25, 0.3) is 5.91 Å². The average Bonchev–Trinajstić information content (AvgIpc) is 3.12. The number of aliphatic carboxylic acids is 1. The molecule has 1 fully saturated rings. The molecule has 0 spiro atoms. The zero-order valence-corrected chi connectivity index (χ0v) is 14.7. The Morgan fingerprint density at radius 1 is 1.42 bits per heavy atom. The summed E-state index contributed by atoms with van der Waals surface area (Å²) >= 11 is 1.34. The maximum Gasteiger partial charge on any atom is 0.308 e. The van der Waals surface area contributed by atoms with Crippen molar-refractivity contribution in [3.63, 3.8) is 0 Å². The van der Waals surface area contributed by atoms with Crippen LogP contribution in [0.2, 0.25) is 0 Å². The molecule has 0 bridgehead atoms. The lowest BCUT2D eigenvalue weighted by atomic mass is 9.90. The van der Waals surface area contributed by atoms with Crippen molar-refractivity contribution in [2.75, 3.05) is 6.54 Å². The van der Waals surface area contributed by atoms with Gasteiger partial charge in [0.05, 0.1) is 17.8 Å². The SMILES string of the molecule is Cc1nc(-c2cnn(C)c2)sc1C(=O)N1CCC[C@@H](C(=O)O)[C@H]1C. The van der Waals surface area contributed by atoms with Crippen molar-refractivity contribution < 1.29 is 14.7 Å². The molecule has 1 saturated heterocycles. The van der Waals surface area contributed by atoms with Crippen molar-refractivity contribution >= 4 is 23.2 Å². The van der Waals surface area contributed by atoms with E-state index in [0.717, 1.165) is 10.6 Å². The van der Waals surface area contributed by atoms with Crippen LogP contribution in [0.3, 0.4) is 0 Å². The van der Waals surface area contributed by atoms with Crippen LogP contribution in [-0.4, -0.2) is 49.2 Å². The first-order chi connectivity index (χ1) is 11.4. The molecule has 0 radical (unpaired) electrons. The molecule has 8 heteroatoms. The number of hydrogen-bond donors (Lipinski definition) is 1. The van der Waals surface area contributed by atoms with Gasteiger partial charge in [0.15, 0.2) is 0 Å². The van der Waals surface area contributed by atoms with Crippen LogP contribution in [0.1, 0.15) is 35.1 Å². The first-order valence-corrected chi connectivity index (χ1v) is 8.70. The summed E-state index contributed by atoms with van der Waals surface area (Å²) in [5.41, 5.74) is 1.55. The average molecular weight is 348 g/mol. The fourth-order valence-corrected chi connectivity index (χ4v) is 4.14. The molecule has 0 unspecified atom stereocenters. The minimum atomic E-state index is -0.836. The number of carboxylic acid groups (broad SMARTS) is 1. The largest absolute Gasteiger partial charge is 0.481 e. The van der Waals surface area contributed by atoms with E-state index >= 15 is 0 Å². The molecule has 7 nitrogen and oxygen atoms in total. The Balaban J connectivity index is 1.87. The van der Waals surface area contributed by atoms with Gasteiger partial charge in [-0.05, 0) is 26.7 Å². The van der Waals surface area contributed by atoms with E-state index in [4.69, 9.17) is 0 Å². The van der Waals surface area contributed by atoms with Crippen LogP contribution in [-0.2, 0) is 11.8 Å². The van der Waals surface area contributed by atoms with Gasteiger partial charge in [0.2, 0.25) is 0 Å². The van der Waals surface area contributed by atoms with Crippen LogP contribution in [0.25, 0.3) is 10.6 Å². The van der Waals surface area contributed by atoms with E-state index < -0.39 is 11.9 Å². The second kappa shape index (κ2) is 6.35. The van der Waals surface area contributed by atoms with Gasteiger partial charge < -0.3 is 10.0 Å². The monoisotopic (exact) mass is 348 g/mol. The number of rotatable bonds is 3. The van der Waals surface area contributed by atoms with Gasteiger partial charge >= 0.3 is 5.97 Å². The number of carbonyl (C=O) groups is 2. The summed E-state index contributed by atoms with van der Waals surface area (Å²) in [7, 11) is 1.83. The molecule has 1 N–H and O–H groups in total. The van der Waals surface area contributed by atoms with Crippen LogP contribution in [0.15, 0.2) is 12.4 Å². The number of aryl methyl sites for hydroxylation is 2. The number of amides is 1. The van der Waals surface area contributed by atoms with Gasteiger partial charge in [-0.3, -0.25) is 14.3 Å². The lowest BCUT2D eigenvalue weighted by molar-refractivity contribution is -0.144. The standard InChI is InChI=1S/C16H20N4O3S/c1-9-13(24-14(18-9)11-7-17-19(3)8-11)15(21)20-6-4-5-12(10(20)2)16(22)23/h7-8,10,12H,4-6H2,1-3H3,(H,22,23)/t10-,12-/m1/s1. The smallest absolute Gasteiger partial charge is 0.308 e. The summed E-state index contributed by atoms with van der Waals surface area (Å²) < 4.78 is 1.69. The Hall–Kier alpha value is -2.22. The highest BCUT2D eigenvalue weighted by molar-refractivity contribution is 7.17. The lowest BCUT2D eigenvalue weighted by Gasteiger charge is -2.37. The van der Waals surface area contributed by atoms with Gasteiger partial charge in [-0.15, -0.1) is 11.3 Å². The van der Waals surface area contributed by atoms with E-state index in [9.17, 15) is 14.7 Å². The van der Waals surface area contributed by atoms with Crippen molar-refractivity contribution in [2.24, 2.45) is 13.0 Å². The normalized spacial score (nSPS) is 21.0. The van der Waals surface area contributed by atoms with Crippen molar-refractivity contribution in [2.45, 2.75) is 32.7 Å². The summed E-state index contributed by atoms with van der Waals surface area (Å²) in [4.78, 5) is 31.0. The number of aromatic nitrogens is 3. The summed E-state index contributed by atoms with van der Waals surface area (Å²) in [6.45, 7) is 4.21. The van der Waals surface area contributed by atoms with Gasteiger partial charge in [0, 0.05) is 31.4 Å². The number of carboxylic acids is 1. The number of likely N-dealkylation sites (tertiary alicyclic amines) is 1. The van der Waals surface area contributed by atoms with E-state index in [2.05, 4.69) is 10.1 Å². The molecule has 3 heterocycles. The molecule has 1 aliphatic rings. The van der Waals surface area contributed by atoms with Crippen LogP contribution < -0.4 is 0 Å². The molecule has 2 atom stereocenters. The zero-order chi connectivity index (χ0) is 17.4. The second-order valence-corrected chi connectivity index (χ2v) is 7.16. The number of hydrogen-bond acceptors (Lipinski definition) is 5. The quantitative estimate of drug-likeness (QED) is 0.918. The predicted molar refractivity (Wildman–Crippen MR) is 89.9 cm³/mol. The van der Waals surface area contributed by atoms with Crippen molar-refractivity contribution in [3.8, 4) is 10.6 Å². The number of carbonyl (C=O) groups excluding carboxylic acids is 1. The number of piperidine rings is 1. The Morgan fingerprint density at radius 3 is 2.79 bits per heavy atom. The first-order valence-electron chi connectivity index (χ1n) is 7.88. The number of nitrogens with zero attached hydrogens (tertiary/aromatic N) is 4. The van der Waals surface area contributed by atoms with Gasteiger partial charge in [0.1, 0.15) is 9.88 Å². The van der Waals surface area contributed by atoms with Crippen LogP contribution in [0, 0.1) is 12.8 Å². The highest BCUT2D eigenvalue weighted by atomic mass is 32.1. The fraction of sp³-hybridized carbons (Fsp3) is 0.500. The molecule has 2 aromatic heterocycles. The van der Waals surface area contributed by atoms with Crippen molar-refractivity contribution in [1.82, 2.24) is 19.7 Å². The molecule has 1 amide bonds. The van der Waals surface area contributed by atoms with E-state index in [1.165, 1.54) is 11.3 Å². The third-order valence-electron chi connectivity index (χ3n) is 4.51. The topological polar surface area (TPSA) is 88.3 Å². The zero-order valence-electron chi connectivity index (χ0n) is 13.9. The predicted octanol–water partition coefficient (Wildman–Crippen LogP) is 2.18. The molecule has 0 aliphatic carbocycles. The summed E-state index contributed by atoms with van der Waals surface area (Å²) in [5, 5.41) is 14.2. The molecule has 0 aromatic carbocycles. The molecule has 24 heavy (non-hydrogen) atoms. The third kappa shape index (κ3) is 2.93. The van der Waals surface area contributed by atoms with Gasteiger partial charge in [-0.25, -0.2) is 4.98 Å². The van der Waals surface area contributed by atoms with Crippen molar-refractivity contribution in [1.29, 1.82) is 0 Å². The third-order valence-corrected chi connectivity index (χ3v) is 5.70. The highest BCUT2D eigenvalue weighted by Gasteiger charge is 2.36. The molecule has 0 saturated carbocycles. The molecule has 3 rings (SSSR count). The lowest BCUT2D eigenvalue weighted by Crippen LogP contribution is -2.49. The Bertz CT molecular complexity index is 782. The molecule has 2 aromatic rings. The van der Waals surface area contributed by atoms with Gasteiger partial charge in [-0.1, -0.05) is 0 Å². The summed E-state index contributed by atoms with van der Waals surface area (Å²) in [6.07, 6.45) is 4.90. The van der Waals surface area contributed by atoms with E-state index in [-0.39, 0.29) is 11.9 Å². The Labute approximate surface area is 143 Å². The van der Waals surface area contributed by atoms with E-state index in [1.54, 1.807) is 15.8 Å². The van der Waals surface area contributed by atoms with Crippen LogP contribution in [0.5, 0.6) is 0 Å². The first kappa shape index (κ1) is 16.6. The van der Waals surface area contributed by atoms with Crippen molar-refractivity contribution in [3.05, 3.63) is 23.0 Å². The summed E-state index contributed by atoms with van der Waals surface area (Å²) in [6, 6.07) is -0.313. The van der Waals surface area contributed by atoms with Gasteiger partial charge in [-0.2, -0.15) is 5.10 Å². The molecular formula is C16H20N4O3S. The Kier molecular flexibility index (Phi) is 4.40. The van der Waals surface area contributed by atoms with E-state index in [1.807, 2.05) is 27.1 Å². The Morgan fingerprint density at radius 2 is 2.17 bits per heavy atom. The van der Waals surface area contributed by atoms with Crippen LogP contribution in [0.4, 0.5) is 0 Å². The molecule has 1 aliphatic heterocycles.